The maximum absolute atomic E-state index is 10.7. The number of hydrogen-bond donors (Lipinski definition) is 3. The van der Waals surface area contributed by atoms with E-state index in [4.69, 9.17) is 24.9 Å². The quantitative estimate of drug-likeness (QED) is 0.398. The number of carbonyl (C=O) groups excluding carboxylic acids is 1. The maximum Gasteiger partial charge on any atom is 0.253 e. The molecule has 0 heterocycles. The van der Waals surface area contributed by atoms with Gasteiger partial charge in [0.2, 0.25) is 5.91 Å². The first-order valence-corrected chi connectivity index (χ1v) is 5.90. The van der Waals surface area contributed by atoms with Gasteiger partial charge in [0.25, 0.3) is 8.53 Å². The van der Waals surface area contributed by atoms with E-state index >= 15 is 0 Å². The van der Waals surface area contributed by atoms with Crippen LogP contribution in [0.1, 0.15) is 13.3 Å². The molecule has 0 aromatic rings. The first-order chi connectivity index (χ1) is 7.60. The van der Waals surface area contributed by atoms with Crippen molar-refractivity contribution in [2.75, 3.05) is 19.8 Å². The predicted molar refractivity (Wildman–Crippen MR) is 57.9 cm³/mol. The third kappa shape index (κ3) is 8.53. The molecule has 0 aliphatic heterocycles. The second kappa shape index (κ2) is 9.46. The largest absolute Gasteiger partial charge is 0.394 e. The van der Waals surface area contributed by atoms with E-state index in [0.717, 1.165) is 0 Å². The van der Waals surface area contributed by atoms with Crippen molar-refractivity contribution in [3.63, 3.8) is 0 Å². The van der Waals surface area contributed by atoms with Crippen LogP contribution >= 0.6 is 8.53 Å². The Labute approximate surface area is 95.5 Å². The van der Waals surface area contributed by atoms with Gasteiger partial charge in [0.05, 0.1) is 38.4 Å². The van der Waals surface area contributed by atoms with Crippen molar-refractivity contribution in [1.82, 2.24) is 5.32 Å². The topological polar surface area (TPSA) is 118 Å². The van der Waals surface area contributed by atoms with Crippen LogP contribution in [0.2, 0.25) is 0 Å². The standard InChI is InChI=1S/C8H16N3O4P/c1-7(13)11-8(5-12)6-15-16(10)14-4-2-3-9/h8,12H,2,4-6,10H2,1H3,(H,11,13). The minimum Gasteiger partial charge on any atom is -0.394 e. The summed E-state index contributed by atoms with van der Waals surface area (Å²) in [4.78, 5) is 10.7. The summed E-state index contributed by atoms with van der Waals surface area (Å²) < 4.78 is 10.1. The maximum atomic E-state index is 10.7. The van der Waals surface area contributed by atoms with Crippen molar-refractivity contribution >= 4 is 14.4 Å². The van der Waals surface area contributed by atoms with Crippen LogP contribution in [-0.4, -0.2) is 36.9 Å². The van der Waals surface area contributed by atoms with E-state index in [9.17, 15) is 4.79 Å². The van der Waals surface area contributed by atoms with Crippen molar-refractivity contribution in [3.05, 3.63) is 0 Å². The number of rotatable bonds is 8. The molecule has 0 aliphatic rings. The molecule has 16 heavy (non-hydrogen) atoms. The molecular weight excluding hydrogens is 233 g/mol. The minimum absolute atomic E-state index is 0.0742. The number of amides is 1. The SMILES string of the molecule is CC(=O)NC(CO)COP(N)OCCC#N. The van der Waals surface area contributed by atoms with Gasteiger partial charge in [-0.2, -0.15) is 5.26 Å². The fraction of sp³-hybridized carbons (Fsp3) is 0.750. The van der Waals surface area contributed by atoms with E-state index in [1.54, 1.807) is 0 Å². The van der Waals surface area contributed by atoms with E-state index in [-0.39, 0.29) is 32.1 Å². The van der Waals surface area contributed by atoms with Gasteiger partial charge < -0.3 is 19.5 Å². The molecule has 2 atom stereocenters. The monoisotopic (exact) mass is 249 g/mol. The van der Waals surface area contributed by atoms with Gasteiger partial charge >= 0.3 is 0 Å². The lowest BCUT2D eigenvalue weighted by Crippen LogP contribution is -2.39. The van der Waals surface area contributed by atoms with Gasteiger partial charge in [-0.05, 0) is 0 Å². The van der Waals surface area contributed by atoms with Crippen LogP contribution in [0.15, 0.2) is 0 Å². The number of nitriles is 1. The molecule has 0 fully saturated rings. The number of nitrogens with zero attached hydrogens (tertiary/aromatic N) is 1. The Bertz CT molecular complexity index is 246. The Kier molecular flexibility index (Phi) is 9.00. The summed E-state index contributed by atoms with van der Waals surface area (Å²) in [5.74, 6) is -0.255. The molecule has 0 saturated heterocycles. The summed E-state index contributed by atoms with van der Waals surface area (Å²) in [6, 6.07) is 1.41. The van der Waals surface area contributed by atoms with Crippen LogP contribution in [0.4, 0.5) is 0 Å². The highest BCUT2D eigenvalue weighted by atomic mass is 31.2. The van der Waals surface area contributed by atoms with E-state index in [1.807, 2.05) is 6.07 Å². The van der Waals surface area contributed by atoms with Gasteiger partial charge in [0.15, 0.2) is 0 Å². The number of aliphatic hydroxyl groups is 1. The molecule has 92 valence electrons. The van der Waals surface area contributed by atoms with E-state index in [0.29, 0.717) is 0 Å². The molecule has 0 aliphatic carbocycles. The number of nitrogens with one attached hydrogen (secondary N) is 1. The molecule has 1 amide bonds. The molecule has 4 N–H and O–H groups in total. The van der Waals surface area contributed by atoms with Crippen LogP contribution in [0.5, 0.6) is 0 Å². The van der Waals surface area contributed by atoms with Gasteiger partial charge in [-0.15, -0.1) is 0 Å². The molecule has 0 radical (unpaired) electrons. The van der Waals surface area contributed by atoms with Crippen LogP contribution in [0.3, 0.4) is 0 Å². The highest BCUT2D eigenvalue weighted by Crippen LogP contribution is 2.28. The lowest BCUT2D eigenvalue weighted by Gasteiger charge is -2.17. The molecule has 0 bridgehead atoms. The molecule has 0 spiro atoms. The summed E-state index contributed by atoms with van der Waals surface area (Å²) in [5, 5.41) is 19.6. The minimum atomic E-state index is -1.57. The lowest BCUT2D eigenvalue weighted by molar-refractivity contribution is -0.120. The van der Waals surface area contributed by atoms with Crippen LogP contribution in [-0.2, 0) is 13.8 Å². The number of aliphatic hydroxyl groups excluding tert-OH is 1. The van der Waals surface area contributed by atoms with Crippen molar-refractivity contribution in [2.24, 2.45) is 5.50 Å². The summed E-state index contributed by atoms with van der Waals surface area (Å²) in [6.07, 6.45) is 0.245. The predicted octanol–water partition coefficient (Wildman–Crippen LogP) is -0.384. The highest BCUT2D eigenvalue weighted by Gasteiger charge is 2.12. The third-order valence-corrected chi connectivity index (χ3v) is 2.30. The van der Waals surface area contributed by atoms with Gasteiger partial charge in [-0.25, -0.2) is 0 Å². The summed E-state index contributed by atoms with van der Waals surface area (Å²) in [6.45, 7) is 1.39. The summed E-state index contributed by atoms with van der Waals surface area (Å²) >= 11 is 0. The summed E-state index contributed by atoms with van der Waals surface area (Å²) in [7, 11) is -1.57. The second-order valence-corrected chi connectivity index (χ2v) is 3.99. The van der Waals surface area contributed by atoms with Gasteiger partial charge in [-0.1, -0.05) is 0 Å². The van der Waals surface area contributed by atoms with E-state index in [1.165, 1.54) is 6.92 Å². The lowest BCUT2D eigenvalue weighted by atomic mass is 10.3. The second-order valence-electron chi connectivity index (χ2n) is 2.90. The van der Waals surface area contributed by atoms with Crippen molar-refractivity contribution in [2.45, 2.75) is 19.4 Å². The van der Waals surface area contributed by atoms with Gasteiger partial charge in [0, 0.05) is 6.92 Å². The average molecular weight is 249 g/mol. The number of carbonyl (C=O) groups is 1. The number of hydrogen-bond acceptors (Lipinski definition) is 6. The van der Waals surface area contributed by atoms with Gasteiger partial charge in [-0.3, -0.25) is 10.3 Å². The van der Waals surface area contributed by atoms with Crippen LogP contribution < -0.4 is 10.8 Å². The zero-order chi connectivity index (χ0) is 12.4. The molecule has 0 saturated carbocycles. The van der Waals surface area contributed by atoms with Gasteiger partial charge in [0.1, 0.15) is 0 Å². The zero-order valence-corrected chi connectivity index (χ0v) is 9.94. The molecule has 0 rings (SSSR count). The molecule has 0 aromatic carbocycles. The normalized spacial score (nSPS) is 13.9. The Balaban J connectivity index is 3.66. The zero-order valence-electron chi connectivity index (χ0n) is 9.05. The highest BCUT2D eigenvalue weighted by molar-refractivity contribution is 7.44. The molecular formula is C8H16N3O4P. The first kappa shape index (κ1) is 15.2. The molecule has 2 unspecified atom stereocenters. The molecule has 0 aromatic heterocycles. The molecule has 8 heteroatoms. The smallest absolute Gasteiger partial charge is 0.253 e. The fourth-order valence-corrected chi connectivity index (χ4v) is 1.48. The van der Waals surface area contributed by atoms with Crippen LogP contribution in [0, 0.1) is 11.3 Å². The summed E-state index contributed by atoms with van der Waals surface area (Å²) in [5.41, 5.74) is 5.46. The van der Waals surface area contributed by atoms with Crippen LogP contribution in [0.25, 0.3) is 0 Å². The van der Waals surface area contributed by atoms with E-state index in [2.05, 4.69) is 5.32 Å². The third-order valence-electron chi connectivity index (χ3n) is 1.46. The fourth-order valence-electron chi connectivity index (χ4n) is 0.809. The van der Waals surface area contributed by atoms with Crippen molar-refractivity contribution in [3.8, 4) is 6.07 Å². The van der Waals surface area contributed by atoms with Crippen molar-refractivity contribution in [1.29, 1.82) is 5.26 Å². The Morgan fingerprint density at radius 2 is 2.38 bits per heavy atom. The van der Waals surface area contributed by atoms with E-state index < -0.39 is 14.6 Å². The Morgan fingerprint density at radius 1 is 1.69 bits per heavy atom. The Morgan fingerprint density at radius 3 is 2.88 bits per heavy atom. The molecule has 7 nitrogen and oxygen atoms in total. The average Bonchev–Trinajstić information content (AvgIpc) is 2.24. The van der Waals surface area contributed by atoms with Crippen molar-refractivity contribution < 1.29 is 18.9 Å². The number of nitrogens with two attached hydrogens (primary N) is 1. The Hall–Kier alpha value is -0.770. The first-order valence-electron chi connectivity index (χ1n) is 4.65.